The Morgan fingerprint density at radius 3 is 2.67 bits per heavy atom. The van der Waals surface area contributed by atoms with Gasteiger partial charge in [0.05, 0.1) is 6.34 Å². The molecule has 0 aliphatic carbocycles. The summed E-state index contributed by atoms with van der Waals surface area (Å²) < 4.78 is 0. The molecule has 0 amide bonds. The van der Waals surface area contributed by atoms with Crippen molar-refractivity contribution in [2.75, 3.05) is 7.05 Å². The number of hydrogen-bond acceptors (Lipinski definition) is 1. The normalized spacial score (nSPS) is 8.17. The Balaban J connectivity index is 3.33. The average molecular weight is 84.1 g/mol. The lowest BCUT2D eigenvalue weighted by molar-refractivity contribution is 1.44. The molecule has 0 unspecified atom stereocenters. The van der Waals surface area contributed by atoms with Crippen molar-refractivity contribution >= 4 is 6.34 Å². The second-order valence-corrected chi connectivity index (χ2v) is 0.579. The zero-order valence-electron chi connectivity index (χ0n) is 3.37. The van der Waals surface area contributed by atoms with Crippen molar-refractivity contribution < 1.29 is 0 Å². The van der Waals surface area contributed by atoms with Crippen LogP contribution in [0.2, 0.25) is 0 Å². The zero-order valence-corrected chi connectivity index (χ0v) is 3.37. The Morgan fingerprint density at radius 1 is 1.83 bits per heavy atom. The lowest BCUT2D eigenvalue weighted by atomic mass is 11.3. The fourth-order valence-electron chi connectivity index (χ4n) is 0.0747. The highest BCUT2D eigenvalue weighted by atomic mass is 15.1. The van der Waals surface area contributed by atoms with Crippen LogP contribution in [0.4, 0.5) is 0 Å². The van der Waals surface area contributed by atoms with E-state index in [-0.39, 0.29) is 0 Å². The van der Waals surface area contributed by atoms with Gasteiger partial charge >= 0.3 is 0 Å². The minimum Gasteiger partial charge on any atom is -0.294 e. The van der Waals surface area contributed by atoms with Crippen LogP contribution in [0, 0.1) is 0 Å². The Hall–Kier alpha value is -1.02. The summed E-state index contributed by atoms with van der Waals surface area (Å²) in [6, 6.07) is 0. The molecule has 0 aromatic heterocycles. The van der Waals surface area contributed by atoms with Crippen molar-refractivity contribution in [2.24, 2.45) is 10.1 Å². The number of hydrogen-bond donors (Lipinski definition) is 0. The quantitative estimate of drug-likeness (QED) is 0.149. The van der Waals surface area contributed by atoms with Gasteiger partial charge < -0.3 is 0 Å². The summed E-state index contributed by atoms with van der Waals surface area (Å²) in [7, 11) is 1.54. The first-order valence-electron chi connectivity index (χ1n) is 1.36. The molecule has 0 atom stereocenters. The van der Waals surface area contributed by atoms with E-state index >= 15 is 0 Å². The summed E-state index contributed by atoms with van der Waals surface area (Å²) in [6.07, 6.45) is 1.14. The van der Waals surface area contributed by atoms with Crippen molar-refractivity contribution in [3.8, 4) is 0 Å². The molecular weight excluding hydrogens is 80.0 g/mol. The van der Waals surface area contributed by atoms with Gasteiger partial charge in [0.1, 0.15) is 0 Å². The maximum atomic E-state index is 7.56. The molecule has 0 saturated carbocycles. The Bertz CT molecular complexity index is 87.7. The smallest absolute Gasteiger partial charge is 0.0842 e. The van der Waals surface area contributed by atoms with Crippen LogP contribution in [-0.4, -0.2) is 13.4 Å². The van der Waals surface area contributed by atoms with E-state index in [0.29, 0.717) is 0 Å². The molecule has 6 heavy (non-hydrogen) atoms. The van der Waals surface area contributed by atoms with Crippen LogP contribution in [0.25, 0.3) is 10.4 Å². The third kappa shape index (κ3) is 2.98. The summed E-state index contributed by atoms with van der Waals surface area (Å²) in [5.41, 5.74) is 7.56. The molecule has 0 heterocycles. The Morgan fingerprint density at radius 2 is 2.50 bits per heavy atom. The van der Waals surface area contributed by atoms with E-state index in [2.05, 4.69) is 15.0 Å². The highest BCUT2D eigenvalue weighted by molar-refractivity contribution is 5.54. The van der Waals surface area contributed by atoms with E-state index in [1.807, 2.05) is 0 Å². The fraction of sp³-hybridized carbons (Fsp3) is 0.500. The summed E-state index contributed by atoms with van der Waals surface area (Å²) in [6.45, 7) is 0. The third-order valence-electron chi connectivity index (χ3n) is 0.219. The van der Waals surface area contributed by atoms with Gasteiger partial charge in [-0.2, -0.15) is 0 Å². The van der Waals surface area contributed by atoms with Gasteiger partial charge in [-0.1, -0.05) is 0 Å². The standard InChI is InChI=1S/C2H4N4/c1-4-2-5-6-3/h2H,1H3. The topological polar surface area (TPSA) is 61.1 Å². The molecule has 0 fully saturated rings. The second kappa shape index (κ2) is 3.98. The summed E-state index contributed by atoms with van der Waals surface area (Å²) in [5.74, 6) is 0. The summed E-state index contributed by atoms with van der Waals surface area (Å²) in [5, 5.41) is 2.98. The van der Waals surface area contributed by atoms with Crippen molar-refractivity contribution in [3.05, 3.63) is 10.4 Å². The van der Waals surface area contributed by atoms with E-state index in [0.717, 1.165) is 6.34 Å². The predicted octanol–water partition coefficient (Wildman–Crippen LogP) is 0.955. The van der Waals surface area contributed by atoms with E-state index in [1.54, 1.807) is 0 Å². The van der Waals surface area contributed by atoms with Gasteiger partial charge in [-0.25, -0.2) is 0 Å². The molecule has 0 aliphatic rings. The fourth-order valence-corrected chi connectivity index (χ4v) is 0.0747. The van der Waals surface area contributed by atoms with Crippen LogP contribution in [0.3, 0.4) is 0 Å². The largest absolute Gasteiger partial charge is 0.294 e. The number of rotatable bonds is 1. The molecule has 0 rings (SSSR count). The molecule has 0 spiro atoms. The van der Waals surface area contributed by atoms with Crippen LogP contribution >= 0.6 is 0 Å². The van der Waals surface area contributed by atoms with Crippen LogP contribution in [0.15, 0.2) is 10.1 Å². The highest BCUT2D eigenvalue weighted by Gasteiger charge is 1.48. The monoisotopic (exact) mass is 84.0 g/mol. The van der Waals surface area contributed by atoms with Crippen molar-refractivity contribution in [1.29, 1.82) is 0 Å². The molecule has 4 nitrogen and oxygen atoms in total. The van der Waals surface area contributed by atoms with Crippen LogP contribution < -0.4 is 0 Å². The summed E-state index contributed by atoms with van der Waals surface area (Å²) >= 11 is 0. The molecule has 0 aromatic carbocycles. The van der Waals surface area contributed by atoms with Gasteiger partial charge in [-0.05, 0) is 10.6 Å². The minimum atomic E-state index is 1.14. The van der Waals surface area contributed by atoms with Crippen LogP contribution in [-0.2, 0) is 0 Å². The van der Waals surface area contributed by atoms with Crippen LogP contribution in [0.5, 0.6) is 0 Å². The van der Waals surface area contributed by atoms with E-state index in [1.165, 1.54) is 7.05 Å². The molecular formula is C2H4N4. The molecule has 0 radical (unpaired) electrons. The molecule has 4 heteroatoms. The minimum absolute atomic E-state index is 1.14. The molecule has 0 saturated heterocycles. The number of nitrogens with zero attached hydrogens (tertiary/aromatic N) is 4. The highest BCUT2D eigenvalue weighted by Crippen LogP contribution is 1.57. The van der Waals surface area contributed by atoms with Gasteiger partial charge in [-0.3, -0.25) is 4.99 Å². The van der Waals surface area contributed by atoms with Gasteiger partial charge in [0.25, 0.3) is 0 Å². The molecule has 32 valence electrons. The predicted molar refractivity (Wildman–Crippen MR) is 23.6 cm³/mol. The SMILES string of the molecule is CN=CN=[N+]=[N-]. The van der Waals surface area contributed by atoms with E-state index in [9.17, 15) is 0 Å². The summed E-state index contributed by atoms with van der Waals surface area (Å²) in [4.78, 5) is 5.78. The maximum absolute atomic E-state index is 7.56. The average Bonchev–Trinajstić information content (AvgIpc) is 1.61. The van der Waals surface area contributed by atoms with Crippen molar-refractivity contribution in [2.45, 2.75) is 0 Å². The third-order valence-corrected chi connectivity index (χ3v) is 0.219. The first-order valence-corrected chi connectivity index (χ1v) is 1.36. The molecule has 0 N–H and O–H groups in total. The Labute approximate surface area is 35.1 Å². The van der Waals surface area contributed by atoms with Gasteiger partial charge in [-0.15, -0.1) is 0 Å². The Kier molecular flexibility index (Phi) is 3.30. The van der Waals surface area contributed by atoms with Gasteiger partial charge in [0.2, 0.25) is 0 Å². The molecule has 0 aliphatic heterocycles. The lowest BCUT2D eigenvalue weighted by Gasteiger charge is -1.57. The van der Waals surface area contributed by atoms with Crippen LogP contribution in [0.1, 0.15) is 0 Å². The second-order valence-electron chi connectivity index (χ2n) is 0.579. The maximum Gasteiger partial charge on any atom is 0.0842 e. The first-order chi connectivity index (χ1) is 2.91. The number of azide groups is 1. The lowest BCUT2D eigenvalue weighted by Crippen LogP contribution is -1.52. The molecule has 0 bridgehead atoms. The van der Waals surface area contributed by atoms with Crippen molar-refractivity contribution in [3.63, 3.8) is 0 Å². The first kappa shape index (κ1) is 4.98. The van der Waals surface area contributed by atoms with Gasteiger partial charge in [0, 0.05) is 12.0 Å². The molecule has 0 aromatic rings. The number of aliphatic imine (C=N–C) groups is 1. The van der Waals surface area contributed by atoms with Gasteiger partial charge in [0.15, 0.2) is 0 Å². The van der Waals surface area contributed by atoms with E-state index in [4.69, 9.17) is 5.53 Å². The van der Waals surface area contributed by atoms with E-state index < -0.39 is 0 Å². The zero-order chi connectivity index (χ0) is 4.83. The van der Waals surface area contributed by atoms with Crippen molar-refractivity contribution in [1.82, 2.24) is 0 Å².